The number of nitriles is 2. The molecule has 2 unspecified atom stereocenters. The molecular formula is C13H9N5OS. The van der Waals surface area contributed by atoms with E-state index >= 15 is 0 Å². The Hall–Kier alpha value is -2.77. The number of anilines is 1. The molecule has 0 aromatic heterocycles. The van der Waals surface area contributed by atoms with Crippen LogP contribution in [0.25, 0.3) is 0 Å². The molecular weight excluding hydrogens is 274 g/mol. The van der Waals surface area contributed by atoms with Gasteiger partial charge in [-0.25, -0.2) is 0 Å². The number of nitrogens with zero attached hydrogens (tertiary/aromatic N) is 2. The maximum absolute atomic E-state index is 9.40. The van der Waals surface area contributed by atoms with E-state index in [9.17, 15) is 10.5 Å². The van der Waals surface area contributed by atoms with Crippen LogP contribution in [0.4, 0.5) is 5.69 Å². The second-order valence-corrected chi connectivity index (χ2v) is 4.85. The zero-order valence-corrected chi connectivity index (χ0v) is 11.0. The summed E-state index contributed by atoms with van der Waals surface area (Å²) in [5.74, 6) is -0.200. The van der Waals surface area contributed by atoms with Crippen molar-refractivity contribution in [2.75, 3.05) is 5.32 Å². The average Bonchev–Trinajstić information content (AvgIpc) is 2.78. The molecule has 0 radical (unpaired) electrons. The van der Waals surface area contributed by atoms with Crippen molar-refractivity contribution in [1.82, 2.24) is 5.32 Å². The molecule has 2 heterocycles. The standard InChI is InChI=1S/C13H9N5OS/c14-5-7-11(16)17-12(20)8(6-15)13(7)18-9-3-1-2-4-10(9)19-13/h1-4,8,18H,16H2,(H,17,20). The summed E-state index contributed by atoms with van der Waals surface area (Å²) in [6, 6.07) is 11.3. The van der Waals surface area contributed by atoms with E-state index in [0.717, 1.165) is 0 Å². The summed E-state index contributed by atoms with van der Waals surface area (Å²) in [7, 11) is 0. The fourth-order valence-corrected chi connectivity index (χ4v) is 2.72. The van der Waals surface area contributed by atoms with E-state index in [0.29, 0.717) is 11.4 Å². The van der Waals surface area contributed by atoms with Gasteiger partial charge in [0.1, 0.15) is 28.2 Å². The van der Waals surface area contributed by atoms with Gasteiger partial charge in [0.2, 0.25) is 5.72 Å². The molecule has 2 aliphatic rings. The van der Waals surface area contributed by atoms with Crippen molar-refractivity contribution in [3.63, 3.8) is 0 Å². The van der Waals surface area contributed by atoms with Crippen molar-refractivity contribution in [3.05, 3.63) is 35.7 Å². The van der Waals surface area contributed by atoms with E-state index in [-0.39, 0.29) is 16.4 Å². The lowest BCUT2D eigenvalue weighted by molar-refractivity contribution is 0.139. The Morgan fingerprint density at radius 2 is 2.10 bits per heavy atom. The van der Waals surface area contributed by atoms with Crippen molar-refractivity contribution in [3.8, 4) is 17.9 Å². The third-order valence-corrected chi connectivity index (χ3v) is 3.62. The SMILES string of the molecule is N#CC1=C(N)NC(=S)C(C#N)C12Nc1ccccc1O2. The van der Waals surface area contributed by atoms with Crippen molar-refractivity contribution >= 4 is 22.9 Å². The van der Waals surface area contributed by atoms with Gasteiger partial charge in [0, 0.05) is 0 Å². The largest absolute Gasteiger partial charge is 0.459 e. The molecule has 0 fully saturated rings. The van der Waals surface area contributed by atoms with Gasteiger partial charge in [-0.05, 0) is 12.1 Å². The van der Waals surface area contributed by atoms with E-state index in [2.05, 4.69) is 16.7 Å². The van der Waals surface area contributed by atoms with E-state index in [1.165, 1.54) is 0 Å². The lowest BCUT2D eigenvalue weighted by Gasteiger charge is -2.37. The van der Waals surface area contributed by atoms with E-state index in [1.807, 2.05) is 12.1 Å². The Bertz CT molecular complexity index is 702. The Balaban J connectivity index is 2.20. The first-order valence-electron chi connectivity index (χ1n) is 5.79. The third kappa shape index (κ3) is 1.44. The summed E-state index contributed by atoms with van der Waals surface area (Å²) in [6.45, 7) is 0. The van der Waals surface area contributed by atoms with Crippen LogP contribution in [0.15, 0.2) is 35.7 Å². The van der Waals surface area contributed by atoms with Crippen molar-refractivity contribution < 1.29 is 4.74 Å². The van der Waals surface area contributed by atoms with Crippen LogP contribution >= 0.6 is 12.2 Å². The maximum atomic E-state index is 9.40. The van der Waals surface area contributed by atoms with Crippen LogP contribution in [0, 0.1) is 28.6 Å². The number of thiocarbonyl (C=S) groups is 1. The van der Waals surface area contributed by atoms with Crippen molar-refractivity contribution in [2.45, 2.75) is 5.72 Å². The molecule has 1 aromatic rings. The fourth-order valence-electron chi connectivity index (χ4n) is 2.39. The molecule has 1 aromatic carbocycles. The molecule has 2 atom stereocenters. The summed E-state index contributed by atoms with van der Waals surface area (Å²) >= 11 is 5.15. The lowest BCUT2D eigenvalue weighted by atomic mass is 9.87. The van der Waals surface area contributed by atoms with Gasteiger partial charge >= 0.3 is 0 Å². The minimum atomic E-state index is -1.36. The Labute approximate surface area is 120 Å². The smallest absolute Gasteiger partial charge is 0.243 e. The van der Waals surface area contributed by atoms with Crippen LogP contribution in [0.3, 0.4) is 0 Å². The number of para-hydroxylation sites is 2. The predicted molar refractivity (Wildman–Crippen MR) is 75.1 cm³/mol. The van der Waals surface area contributed by atoms with Gasteiger partial charge in [-0.3, -0.25) is 0 Å². The minimum Gasteiger partial charge on any atom is -0.459 e. The molecule has 1 spiro atoms. The van der Waals surface area contributed by atoms with Gasteiger partial charge in [0.15, 0.2) is 5.92 Å². The molecule has 0 bridgehead atoms. The first kappa shape index (κ1) is 12.3. The summed E-state index contributed by atoms with van der Waals surface area (Å²) in [6.07, 6.45) is 0. The quantitative estimate of drug-likeness (QED) is 0.608. The number of hydrogen-bond donors (Lipinski definition) is 3. The highest BCUT2D eigenvalue weighted by atomic mass is 32.1. The molecule has 2 aliphatic heterocycles. The molecule has 20 heavy (non-hydrogen) atoms. The fraction of sp³-hybridized carbons (Fsp3) is 0.154. The highest BCUT2D eigenvalue weighted by Crippen LogP contribution is 2.45. The Kier molecular flexibility index (Phi) is 2.53. The predicted octanol–water partition coefficient (Wildman–Crippen LogP) is 0.951. The number of benzene rings is 1. The summed E-state index contributed by atoms with van der Waals surface area (Å²) in [5.41, 5.74) is 5.27. The monoisotopic (exact) mass is 283 g/mol. The zero-order valence-electron chi connectivity index (χ0n) is 10.2. The summed E-state index contributed by atoms with van der Waals surface area (Å²) in [5, 5.41) is 24.5. The number of ether oxygens (including phenoxy) is 1. The van der Waals surface area contributed by atoms with Crippen LogP contribution in [0.1, 0.15) is 0 Å². The number of nitrogens with two attached hydrogens (primary N) is 1. The minimum absolute atomic E-state index is 0.101. The van der Waals surface area contributed by atoms with E-state index in [4.69, 9.17) is 22.7 Å². The van der Waals surface area contributed by atoms with Crippen LogP contribution < -0.4 is 21.1 Å². The number of rotatable bonds is 0. The lowest BCUT2D eigenvalue weighted by Crippen LogP contribution is -2.59. The van der Waals surface area contributed by atoms with Crippen LogP contribution in [-0.4, -0.2) is 10.7 Å². The van der Waals surface area contributed by atoms with E-state index in [1.54, 1.807) is 18.2 Å². The summed E-state index contributed by atoms with van der Waals surface area (Å²) in [4.78, 5) is 0.226. The first-order valence-corrected chi connectivity index (χ1v) is 6.20. The number of hydrogen-bond acceptors (Lipinski definition) is 6. The van der Waals surface area contributed by atoms with Gasteiger partial charge in [-0.2, -0.15) is 10.5 Å². The molecule has 0 amide bonds. The molecule has 0 saturated carbocycles. The third-order valence-electron chi connectivity index (χ3n) is 3.29. The molecule has 0 saturated heterocycles. The number of fused-ring (bicyclic) bond motifs is 1. The molecule has 7 heteroatoms. The second-order valence-electron chi connectivity index (χ2n) is 4.41. The molecule has 0 aliphatic carbocycles. The van der Waals surface area contributed by atoms with Crippen molar-refractivity contribution in [2.24, 2.45) is 11.7 Å². The Morgan fingerprint density at radius 1 is 1.35 bits per heavy atom. The second kappa shape index (κ2) is 4.12. The Morgan fingerprint density at radius 3 is 2.75 bits per heavy atom. The molecule has 4 N–H and O–H groups in total. The van der Waals surface area contributed by atoms with Gasteiger partial charge in [0.05, 0.1) is 11.8 Å². The highest BCUT2D eigenvalue weighted by molar-refractivity contribution is 7.80. The van der Waals surface area contributed by atoms with Crippen LogP contribution in [0.5, 0.6) is 5.75 Å². The van der Waals surface area contributed by atoms with Gasteiger partial charge in [-0.1, -0.05) is 24.4 Å². The maximum Gasteiger partial charge on any atom is 0.243 e. The van der Waals surface area contributed by atoms with E-state index < -0.39 is 11.6 Å². The topological polar surface area (TPSA) is 107 Å². The normalized spacial score (nSPS) is 26.9. The van der Waals surface area contributed by atoms with Gasteiger partial charge in [-0.15, -0.1) is 0 Å². The highest BCUT2D eigenvalue weighted by Gasteiger charge is 2.55. The zero-order chi connectivity index (χ0) is 14.3. The molecule has 3 rings (SSSR count). The van der Waals surface area contributed by atoms with Crippen LogP contribution in [0.2, 0.25) is 0 Å². The molecule has 98 valence electrons. The summed E-state index contributed by atoms with van der Waals surface area (Å²) < 4.78 is 5.86. The van der Waals surface area contributed by atoms with Gasteiger partial charge < -0.3 is 21.1 Å². The molecule has 6 nitrogen and oxygen atoms in total. The van der Waals surface area contributed by atoms with Gasteiger partial charge in [0.25, 0.3) is 0 Å². The van der Waals surface area contributed by atoms with Crippen molar-refractivity contribution in [1.29, 1.82) is 10.5 Å². The average molecular weight is 283 g/mol. The number of nitrogens with one attached hydrogen (secondary N) is 2. The van der Waals surface area contributed by atoms with Crippen LogP contribution in [-0.2, 0) is 0 Å². The first-order chi connectivity index (χ1) is 9.62.